The largest absolute Gasteiger partial charge is 0.452 e. The van der Waals surface area contributed by atoms with Gasteiger partial charge < -0.3 is 20.7 Å². The predicted octanol–water partition coefficient (Wildman–Crippen LogP) is 3.65. The normalized spacial score (nSPS) is 10.4. The fourth-order valence-corrected chi connectivity index (χ4v) is 2.57. The van der Waals surface area contributed by atoms with E-state index in [0.717, 1.165) is 11.1 Å². The van der Waals surface area contributed by atoms with E-state index < -0.39 is 18.5 Å². The average molecular weight is 418 g/mol. The number of rotatable bonds is 7. The highest BCUT2D eigenvalue weighted by molar-refractivity contribution is 6.31. The lowest BCUT2D eigenvalue weighted by atomic mass is 10.1. The maximum Gasteiger partial charge on any atom is 0.338 e. The van der Waals surface area contributed by atoms with Crippen LogP contribution in [0.15, 0.2) is 42.5 Å². The summed E-state index contributed by atoms with van der Waals surface area (Å²) in [5.41, 5.74) is 2.44. The maximum atomic E-state index is 12.1. The molecular formula is C21H24ClN3O4. The number of urea groups is 1. The van der Waals surface area contributed by atoms with Crippen LogP contribution in [0.4, 0.5) is 10.5 Å². The van der Waals surface area contributed by atoms with Crippen LogP contribution in [-0.4, -0.2) is 30.6 Å². The van der Waals surface area contributed by atoms with Crippen LogP contribution < -0.4 is 16.0 Å². The van der Waals surface area contributed by atoms with Gasteiger partial charge in [-0.25, -0.2) is 9.59 Å². The Balaban J connectivity index is 1.82. The lowest BCUT2D eigenvalue weighted by molar-refractivity contribution is -0.119. The van der Waals surface area contributed by atoms with Crippen LogP contribution in [0.2, 0.25) is 5.02 Å². The first-order valence-corrected chi connectivity index (χ1v) is 9.49. The van der Waals surface area contributed by atoms with Crippen LogP contribution >= 0.6 is 11.6 Å². The van der Waals surface area contributed by atoms with Crippen molar-refractivity contribution in [2.75, 3.05) is 11.9 Å². The molecule has 2 aromatic rings. The van der Waals surface area contributed by atoms with Crippen LogP contribution in [-0.2, 0) is 16.1 Å². The Morgan fingerprint density at radius 3 is 2.41 bits per heavy atom. The van der Waals surface area contributed by atoms with Gasteiger partial charge in [0.2, 0.25) is 0 Å². The molecule has 0 aliphatic rings. The molecule has 3 amide bonds. The Morgan fingerprint density at radius 1 is 1.07 bits per heavy atom. The Labute approximate surface area is 174 Å². The highest BCUT2D eigenvalue weighted by Gasteiger charge is 2.12. The molecule has 29 heavy (non-hydrogen) atoms. The zero-order chi connectivity index (χ0) is 21.4. The molecule has 2 rings (SSSR count). The molecule has 154 valence electrons. The number of esters is 1. The van der Waals surface area contributed by atoms with Gasteiger partial charge >= 0.3 is 12.0 Å². The molecule has 0 saturated heterocycles. The van der Waals surface area contributed by atoms with E-state index in [1.54, 1.807) is 49.4 Å². The summed E-state index contributed by atoms with van der Waals surface area (Å²) in [6.45, 7) is 5.44. The summed E-state index contributed by atoms with van der Waals surface area (Å²) in [5.74, 6) is -1.07. The van der Waals surface area contributed by atoms with Crippen molar-refractivity contribution in [1.29, 1.82) is 0 Å². The summed E-state index contributed by atoms with van der Waals surface area (Å²) in [6, 6.07) is 11.5. The number of nitrogens with one attached hydrogen (secondary N) is 3. The van der Waals surface area contributed by atoms with E-state index in [1.165, 1.54) is 0 Å². The van der Waals surface area contributed by atoms with E-state index in [0.29, 0.717) is 22.8 Å². The molecule has 0 saturated carbocycles. The Bertz CT molecular complexity index is 882. The first kappa shape index (κ1) is 22.2. The second-order valence-electron chi connectivity index (χ2n) is 6.72. The fourth-order valence-electron chi connectivity index (χ4n) is 2.40. The van der Waals surface area contributed by atoms with Gasteiger partial charge in [-0.05, 0) is 56.2 Å². The summed E-state index contributed by atoms with van der Waals surface area (Å²) < 4.78 is 5.05. The van der Waals surface area contributed by atoms with Crippen molar-refractivity contribution in [3.05, 3.63) is 64.2 Å². The minimum absolute atomic E-state index is 0.0483. The smallest absolute Gasteiger partial charge is 0.338 e. The first-order chi connectivity index (χ1) is 13.8. The summed E-state index contributed by atoms with van der Waals surface area (Å²) >= 11 is 6.02. The van der Waals surface area contributed by atoms with Gasteiger partial charge in [-0.2, -0.15) is 0 Å². The number of ether oxygens (including phenoxy) is 1. The molecule has 2 aromatic carbocycles. The van der Waals surface area contributed by atoms with Crippen molar-refractivity contribution >= 4 is 35.2 Å². The lowest BCUT2D eigenvalue weighted by Crippen LogP contribution is -2.39. The van der Waals surface area contributed by atoms with Crippen molar-refractivity contribution in [2.45, 2.75) is 33.4 Å². The van der Waals surface area contributed by atoms with Crippen molar-refractivity contribution < 1.29 is 19.1 Å². The maximum absolute atomic E-state index is 12.1. The monoisotopic (exact) mass is 417 g/mol. The minimum atomic E-state index is -0.611. The van der Waals surface area contributed by atoms with E-state index in [9.17, 15) is 14.4 Å². The summed E-state index contributed by atoms with van der Waals surface area (Å²) in [4.78, 5) is 35.7. The molecular weight excluding hydrogens is 394 g/mol. The molecule has 0 radical (unpaired) electrons. The number of anilines is 1. The topological polar surface area (TPSA) is 96.5 Å². The van der Waals surface area contributed by atoms with Gasteiger partial charge in [0, 0.05) is 23.3 Å². The van der Waals surface area contributed by atoms with E-state index in [-0.39, 0.29) is 12.1 Å². The van der Waals surface area contributed by atoms with Crippen LogP contribution in [0, 0.1) is 6.92 Å². The molecule has 0 aliphatic heterocycles. The van der Waals surface area contributed by atoms with Gasteiger partial charge in [0.25, 0.3) is 5.91 Å². The Hall–Kier alpha value is -3.06. The summed E-state index contributed by atoms with van der Waals surface area (Å²) in [6.07, 6.45) is 0. The fraction of sp³-hybridized carbons (Fsp3) is 0.286. The number of amides is 3. The molecule has 0 aliphatic carbocycles. The van der Waals surface area contributed by atoms with Crippen LogP contribution in [0.3, 0.4) is 0 Å². The van der Waals surface area contributed by atoms with Crippen molar-refractivity contribution in [2.24, 2.45) is 0 Å². The molecule has 0 bridgehead atoms. The Morgan fingerprint density at radius 2 is 1.76 bits per heavy atom. The SMILES string of the molecule is Cc1c(Cl)cccc1NC(=O)COC(=O)c1ccc(CNC(=O)NC(C)C)cc1. The van der Waals surface area contributed by atoms with Crippen molar-refractivity contribution in [1.82, 2.24) is 10.6 Å². The third kappa shape index (κ3) is 7.12. The highest BCUT2D eigenvalue weighted by Crippen LogP contribution is 2.22. The standard InChI is InChI=1S/C21H24ClN3O4/c1-13(2)24-21(28)23-11-15-7-9-16(10-8-15)20(27)29-12-19(26)25-18-6-4-5-17(22)14(18)3/h4-10,13H,11-12H2,1-3H3,(H,25,26)(H2,23,24,28). The summed E-state index contributed by atoms with van der Waals surface area (Å²) in [7, 11) is 0. The number of carbonyl (C=O) groups is 3. The van der Waals surface area contributed by atoms with Gasteiger partial charge in [-0.15, -0.1) is 0 Å². The molecule has 0 fully saturated rings. The van der Waals surface area contributed by atoms with Crippen LogP contribution in [0.25, 0.3) is 0 Å². The van der Waals surface area contributed by atoms with Crippen LogP contribution in [0.1, 0.15) is 35.3 Å². The van der Waals surface area contributed by atoms with Crippen LogP contribution in [0.5, 0.6) is 0 Å². The molecule has 0 unspecified atom stereocenters. The van der Waals surface area contributed by atoms with Crippen molar-refractivity contribution in [3.8, 4) is 0 Å². The van der Waals surface area contributed by atoms with E-state index in [2.05, 4.69) is 16.0 Å². The molecule has 0 spiro atoms. The number of halogens is 1. The van der Waals surface area contributed by atoms with Gasteiger partial charge in [0.1, 0.15) is 0 Å². The number of hydrogen-bond donors (Lipinski definition) is 3. The molecule has 7 nitrogen and oxygen atoms in total. The van der Waals surface area contributed by atoms with Gasteiger partial charge in [-0.3, -0.25) is 4.79 Å². The molecule has 0 aromatic heterocycles. The number of carbonyl (C=O) groups excluding carboxylic acids is 3. The van der Waals surface area contributed by atoms with Crippen molar-refractivity contribution in [3.63, 3.8) is 0 Å². The summed E-state index contributed by atoms with van der Waals surface area (Å²) in [5, 5.41) is 8.65. The quantitative estimate of drug-likeness (QED) is 0.599. The van der Waals surface area contributed by atoms with E-state index in [4.69, 9.17) is 16.3 Å². The van der Waals surface area contributed by atoms with Gasteiger partial charge in [0.15, 0.2) is 6.61 Å². The molecule has 3 N–H and O–H groups in total. The molecule has 0 atom stereocenters. The minimum Gasteiger partial charge on any atom is -0.452 e. The zero-order valence-electron chi connectivity index (χ0n) is 16.5. The van der Waals surface area contributed by atoms with E-state index >= 15 is 0 Å². The Kier molecular flexibility index (Phi) is 8.03. The van der Waals surface area contributed by atoms with Gasteiger partial charge in [0.05, 0.1) is 5.56 Å². The third-order valence-corrected chi connectivity index (χ3v) is 4.35. The second kappa shape index (κ2) is 10.5. The number of hydrogen-bond acceptors (Lipinski definition) is 4. The predicted molar refractivity (Wildman–Crippen MR) is 112 cm³/mol. The third-order valence-electron chi connectivity index (χ3n) is 3.94. The average Bonchev–Trinajstić information content (AvgIpc) is 2.68. The van der Waals surface area contributed by atoms with Gasteiger partial charge in [-0.1, -0.05) is 29.8 Å². The second-order valence-corrected chi connectivity index (χ2v) is 7.12. The highest BCUT2D eigenvalue weighted by atomic mass is 35.5. The molecule has 8 heteroatoms. The first-order valence-electron chi connectivity index (χ1n) is 9.11. The lowest BCUT2D eigenvalue weighted by Gasteiger charge is -2.11. The molecule has 0 heterocycles. The zero-order valence-corrected chi connectivity index (χ0v) is 17.3. The van der Waals surface area contributed by atoms with E-state index in [1.807, 2.05) is 13.8 Å². The number of benzene rings is 2.